The molecule has 2 aromatic rings. The number of rotatable bonds is 7. The number of carboxylic acid groups (broad SMARTS) is 1. The second-order valence-electron chi connectivity index (χ2n) is 7.24. The Balaban J connectivity index is 0.000000296. The summed E-state index contributed by atoms with van der Waals surface area (Å²) in [7, 11) is 4.21. The molecule has 0 amide bonds. The number of nitrogens with zero attached hydrogens (tertiary/aromatic N) is 1. The summed E-state index contributed by atoms with van der Waals surface area (Å²) in [5.74, 6) is -0.0858. The second kappa shape index (κ2) is 11.9. The number of esters is 1. The molecule has 0 aliphatic rings. The van der Waals surface area contributed by atoms with Crippen LogP contribution >= 0.6 is 0 Å². The second-order valence-corrected chi connectivity index (χ2v) is 7.24. The zero-order valence-electron chi connectivity index (χ0n) is 17.8. The van der Waals surface area contributed by atoms with Crippen LogP contribution in [0.3, 0.4) is 0 Å². The summed E-state index contributed by atoms with van der Waals surface area (Å²) in [6, 6.07) is 13.6. The topological polar surface area (TPSA) is 87.1 Å². The Morgan fingerprint density at radius 2 is 1.76 bits per heavy atom. The lowest BCUT2D eigenvalue weighted by Crippen LogP contribution is -2.24. The van der Waals surface area contributed by atoms with E-state index < -0.39 is 11.9 Å². The molecule has 0 aromatic heterocycles. The highest BCUT2D eigenvalue weighted by Crippen LogP contribution is 2.30. The van der Waals surface area contributed by atoms with E-state index in [2.05, 4.69) is 43.6 Å². The van der Waals surface area contributed by atoms with Crippen molar-refractivity contribution in [3.05, 3.63) is 59.7 Å². The molecule has 0 heterocycles. The van der Waals surface area contributed by atoms with E-state index in [1.165, 1.54) is 24.6 Å². The Morgan fingerprint density at radius 1 is 1.10 bits per heavy atom. The maximum atomic E-state index is 10.6. The van der Waals surface area contributed by atoms with Gasteiger partial charge in [-0.3, -0.25) is 4.79 Å². The molecule has 0 saturated carbocycles. The fourth-order valence-corrected chi connectivity index (χ4v) is 3.31. The van der Waals surface area contributed by atoms with Crippen LogP contribution in [-0.2, 0) is 4.79 Å². The van der Waals surface area contributed by atoms with Crippen LogP contribution in [0.2, 0.25) is 0 Å². The van der Waals surface area contributed by atoms with Gasteiger partial charge in [-0.2, -0.15) is 0 Å². The molecule has 0 spiro atoms. The Bertz CT molecular complexity index is 803. The summed E-state index contributed by atoms with van der Waals surface area (Å²) in [5.41, 5.74) is 1.23. The SMILES string of the molecule is CC(=O)Oc1ccccc1C(=O)O.CC[C@@H](c1cccc(O)c1)[C@@H](C)CN(C)C. The number of ether oxygens (including phenoxy) is 1. The number of hydrogen-bond acceptors (Lipinski definition) is 5. The molecule has 6 nitrogen and oxygen atoms in total. The van der Waals surface area contributed by atoms with Gasteiger partial charge in [0.2, 0.25) is 0 Å². The van der Waals surface area contributed by atoms with Gasteiger partial charge in [-0.05, 0) is 62.2 Å². The molecule has 0 aliphatic carbocycles. The fourth-order valence-electron chi connectivity index (χ4n) is 3.31. The smallest absolute Gasteiger partial charge is 0.339 e. The average molecular weight is 402 g/mol. The number of phenolic OH excluding ortho intramolecular Hbond substituents is 1. The fraction of sp³-hybridized carbons (Fsp3) is 0.391. The number of carbonyl (C=O) groups is 2. The first-order chi connectivity index (χ1) is 13.6. The Kier molecular flexibility index (Phi) is 9.89. The summed E-state index contributed by atoms with van der Waals surface area (Å²) >= 11 is 0. The third-order valence-corrected chi connectivity index (χ3v) is 4.45. The standard InChI is InChI=1S/C14H23NO.C9H8O4/c1-5-14(11(2)10-15(3)4)12-7-6-8-13(16)9-12;1-6(10)13-8-5-3-2-4-7(8)9(11)12/h6-9,11,14,16H,5,10H2,1-4H3;2-5H,1H3,(H,11,12)/t11-,14+;/m0./s1. The van der Waals surface area contributed by atoms with Gasteiger partial charge in [0.25, 0.3) is 0 Å². The van der Waals surface area contributed by atoms with E-state index in [0.29, 0.717) is 17.6 Å². The summed E-state index contributed by atoms with van der Waals surface area (Å²) < 4.78 is 4.69. The van der Waals surface area contributed by atoms with Crippen molar-refractivity contribution < 1.29 is 24.5 Å². The number of benzene rings is 2. The molecule has 2 atom stereocenters. The number of carbonyl (C=O) groups excluding carboxylic acids is 1. The molecule has 6 heteroatoms. The number of phenols is 1. The van der Waals surface area contributed by atoms with E-state index in [4.69, 9.17) is 5.11 Å². The van der Waals surface area contributed by atoms with E-state index in [9.17, 15) is 14.7 Å². The highest BCUT2D eigenvalue weighted by molar-refractivity contribution is 5.91. The zero-order valence-corrected chi connectivity index (χ0v) is 17.8. The van der Waals surface area contributed by atoms with Crippen LogP contribution in [0, 0.1) is 5.92 Å². The lowest BCUT2D eigenvalue weighted by Gasteiger charge is -2.26. The van der Waals surface area contributed by atoms with Crippen LogP contribution < -0.4 is 4.74 Å². The highest BCUT2D eigenvalue weighted by Gasteiger charge is 2.18. The zero-order chi connectivity index (χ0) is 22.0. The van der Waals surface area contributed by atoms with Crippen LogP contribution in [0.25, 0.3) is 0 Å². The molecule has 0 unspecified atom stereocenters. The van der Waals surface area contributed by atoms with Gasteiger partial charge in [0.15, 0.2) is 0 Å². The lowest BCUT2D eigenvalue weighted by atomic mass is 9.85. The third-order valence-electron chi connectivity index (χ3n) is 4.45. The number of aromatic carboxylic acids is 1. The van der Waals surface area contributed by atoms with Crippen molar-refractivity contribution in [1.82, 2.24) is 4.90 Å². The van der Waals surface area contributed by atoms with E-state index in [1.54, 1.807) is 18.2 Å². The van der Waals surface area contributed by atoms with Crippen molar-refractivity contribution in [1.29, 1.82) is 0 Å². The molecule has 2 aromatic carbocycles. The highest BCUT2D eigenvalue weighted by atomic mass is 16.5. The van der Waals surface area contributed by atoms with E-state index >= 15 is 0 Å². The maximum absolute atomic E-state index is 10.6. The first kappa shape index (κ1) is 24.2. The Hall–Kier alpha value is -2.86. The Morgan fingerprint density at radius 3 is 2.28 bits per heavy atom. The van der Waals surface area contributed by atoms with Crippen LogP contribution in [-0.4, -0.2) is 47.7 Å². The van der Waals surface area contributed by atoms with Gasteiger partial charge < -0.3 is 19.8 Å². The summed E-state index contributed by atoms with van der Waals surface area (Å²) in [4.78, 5) is 23.4. The number of aromatic hydroxyl groups is 1. The normalized spacial score (nSPS) is 12.5. The van der Waals surface area contributed by atoms with Gasteiger partial charge in [-0.1, -0.05) is 38.1 Å². The predicted molar refractivity (Wildman–Crippen MR) is 114 cm³/mol. The first-order valence-electron chi connectivity index (χ1n) is 9.60. The molecule has 0 fully saturated rings. The first-order valence-corrected chi connectivity index (χ1v) is 9.60. The van der Waals surface area contributed by atoms with Crippen molar-refractivity contribution in [3.63, 3.8) is 0 Å². The minimum atomic E-state index is -1.11. The molecule has 2 rings (SSSR count). The molecule has 0 saturated heterocycles. The van der Waals surface area contributed by atoms with Gasteiger partial charge in [0.1, 0.15) is 17.1 Å². The van der Waals surface area contributed by atoms with E-state index in [0.717, 1.165) is 13.0 Å². The number of carboxylic acids is 1. The van der Waals surface area contributed by atoms with Crippen molar-refractivity contribution in [3.8, 4) is 11.5 Å². The quantitative estimate of drug-likeness (QED) is 0.528. The van der Waals surface area contributed by atoms with Crippen LogP contribution in [0.5, 0.6) is 11.5 Å². The van der Waals surface area contributed by atoms with Gasteiger partial charge in [-0.25, -0.2) is 4.79 Å². The summed E-state index contributed by atoms with van der Waals surface area (Å²) in [5, 5.41) is 18.2. The molecule has 0 bridgehead atoms. The molecule has 0 radical (unpaired) electrons. The van der Waals surface area contributed by atoms with E-state index in [-0.39, 0.29) is 11.3 Å². The summed E-state index contributed by atoms with van der Waals surface area (Å²) in [6.07, 6.45) is 1.11. The Labute approximate surface area is 172 Å². The van der Waals surface area contributed by atoms with Crippen molar-refractivity contribution in [2.75, 3.05) is 20.6 Å². The molecular formula is C23H31NO5. The monoisotopic (exact) mass is 401 g/mol. The molecule has 0 aliphatic heterocycles. The van der Waals surface area contributed by atoms with E-state index in [1.807, 2.05) is 12.1 Å². The lowest BCUT2D eigenvalue weighted by molar-refractivity contribution is -0.131. The van der Waals surface area contributed by atoms with Crippen molar-refractivity contribution in [2.45, 2.75) is 33.1 Å². The van der Waals surface area contributed by atoms with Gasteiger partial charge >= 0.3 is 11.9 Å². The van der Waals surface area contributed by atoms with Crippen LogP contribution in [0.15, 0.2) is 48.5 Å². The predicted octanol–water partition coefficient (Wildman–Crippen LogP) is 4.39. The van der Waals surface area contributed by atoms with Gasteiger partial charge in [0.05, 0.1) is 0 Å². The number of para-hydroxylation sites is 1. The molecule has 158 valence electrons. The van der Waals surface area contributed by atoms with Gasteiger partial charge in [0, 0.05) is 13.5 Å². The largest absolute Gasteiger partial charge is 0.508 e. The van der Waals surface area contributed by atoms with Crippen LogP contribution in [0.1, 0.15) is 49.0 Å². The number of hydrogen-bond donors (Lipinski definition) is 2. The molecular weight excluding hydrogens is 370 g/mol. The van der Waals surface area contributed by atoms with Crippen molar-refractivity contribution >= 4 is 11.9 Å². The third kappa shape index (κ3) is 8.35. The minimum Gasteiger partial charge on any atom is -0.508 e. The van der Waals surface area contributed by atoms with Crippen LogP contribution in [0.4, 0.5) is 0 Å². The minimum absolute atomic E-state index is 0.0160. The van der Waals surface area contributed by atoms with Crippen molar-refractivity contribution in [2.24, 2.45) is 5.92 Å². The molecule has 29 heavy (non-hydrogen) atoms. The van der Waals surface area contributed by atoms with Gasteiger partial charge in [-0.15, -0.1) is 0 Å². The maximum Gasteiger partial charge on any atom is 0.339 e. The molecule has 2 N–H and O–H groups in total. The average Bonchev–Trinajstić information content (AvgIpc) is 2.62. The summed E-state index contributed by atoms with van der Waals surface area (Å²) in [6.45, 7) is 6.78.